The molecule has 0 saturated heterocycles. The lowest BCUT2D eigenvalue weighted by molar-refractivity contribution is 0.0744. The van der Waals surface area contributed by atoms with E-state index in [2.05, 4.69) is 10.2 Å². The van der Waals surface area contributed by atoms with Crippen molar-refractivity contribution in [1.29, 1.82) is 0 Å². The highest BCUT2D eigenvalue weighted by Gasteiger charge is 2.43. The lowest BCUT2D eigenvalue weighted by Gasteiger charge is -2.27. The number of aromatic hydroxyl groups is 1. The van der Waals surface area contributed by atoms with Gasteiger partial charge in [-0.05, 0) is 42.7 Å². The molecule has 160 valence electrons. The van der Waals surface area contributed by atoms with Gasteiger partial charge in [-0.3, -0.25) is 9.89 Å². The number of rotatable bonds is 5. The van der Waals surface area contributed by atoms with E-state index in [9.17, 15) is 14.3 Å². The summed E-state index contributed by atoms with van der Waals surface area (Å²) in [5.74, 6) is -0.542. The molecule has 0 unspecified atom stereocenters. The molecule has 1 amide bonds. The molecule has 0 saturated carbocycles. The maximum Gasteiger partial charge on any atom is 0.273 e. The third kappa shape index (κ3) is 3.34. The number of benzene rings is 3. The summed E-state index contributed by atoms with van der Waals surface area (Å²) in [7, 11) is 0. The zero-order valence-corrected chi connectivity index (χ0v) is 17.5. The van der Waals surface area contributed by atoms with Crippen LogP contribution in [0.3, 0.4) is 0 Å². The fourth-order valence-electron chi connectivity index (χ4n) is 4.39. The average molecular weight is 427 g/mol. The molecule has 1 aromatic heterocycles. The van der Waals surface area contributed by atoms with Crippen LogP contribution in [0.5, 0.6) is 5.75 Å². The molecule has 1 atom stereocenters. The van der Waals surface area contributed by atoms with Crippen LogP contribution in [0, 0.1) is 12.7 Å². The topological polar surface area (TPSA) is 69.2 Å². The number of aromatic amines is 1. The molecule has 32 heavy (non-hydrogen) atoms. The van der Waals surface area contributed by atoms with Gasteiger partial charge < -0.3 is 10.0 Å². The molecule has 4 aromatic rings. The molecule has 0 fully saturated rings. The minimum Gasteiger partial charge on any atom is -0.507 e. The van der Waals surface area contributed by atoms with Gasteiger partial charge >= 0.3 is 0 Å². The van der Waals surface area contributed by atoms with Crippen LogP contribution >= 0.6 is 0 Å². The Morgan fingerprint density at radius 2 is 1.81 bits per heavy atom. The number of nitrogens with zero attached hydrogens (tertiary/aromatic N) is 2. The van der Waals surface area contributed by atoms with E-state index in [1.165, 1.54) is 6.07 Å². The Hall–Kier alpha value is -3.93. The van der Waals surface area contributed by atoms with Gasteiger partial charge in [0.25, 0.3) is 5.91 Å². The lowest BCUT2D eigenvalue weighted by Crippen LogP contribution is -2.32. The Labute approximate surface area is 185 Å². The van der Waals surface area contributed by atoms with Crippen molar-refractivity contribution in [2.45, 2.75) is 19.4 Å². The number of amides is 1. The van der Waals surface area contributed by atoms with E-state index >= 15 is 0 Å². The Kier molecular flexibility index (Phi) is 4.98. The first-order chi connectivity index (χ1) is 15.5. The Balaban J connectivity index is 1.62. The summed E-state index contributed by atoms with van der Waals surface area (Å²) >= 11 is 0. The molecular weight excluding hydrogens is 405 g/mol. The van der Waals surface area contributed by atoms with Gasteiger partial charge in [0.05, 0.1) is 6.04 Å². The molecule has 0 radical (unpaired) electrons. The minimum absolute atomic E-state index is 0.0711. The lowest BCUT2D eigenvalue weighted by atomic mass is 9.95. The molecule has 1 aliphatic rings. The van der Waals surface area contributed by atoms with E-state index in [0.717, 1.165) is 11.1 Å². The third-order valence-corrected chi connectivity index (χ3v) is 5.96. The Bertz CT molecular complexity index is 1300. The number of hydrogen-bond donors (Lipinski definition) is 2. The molecule has 0 spiro atoms. The van der Waals surface area contributed by atoms with Crippen molar-refractivity contribution in [2.75, 3.05) is 6.54 Å². The van der Waals surface area contributed by atoms with Crippen LogP contribution in [-0.2, 0) is 6.42 Å². The van der Waals surface area contributed by atoms with Crippen LogP contribution in [0.25, 0.3) is 11.3 Å². The highest BCUT2D eigenvalue weighted by molar-refractivity contribution is 6.00. The van der Waals surface area contributed by atoms with Crippen molar-refractivity contribution >= 4 is 5.91 Å². The molecular formula is C26H22FN3O2. The van der Waals surface area contributed by atoms with Crippen molar-refractivity contribution < 1.29 is 14.3 Å². The molecule has 3 aromatic carbocycles. The van der Waals surface area contributed by atoms with E-state index in [1.54, 1.807) is 35.2 Å². The summed E-state index contributed by atoms with van der Waals surface area (Å²) in [6, 6.07) is 21.0. The number of carbonyl (C=O) groups is 1. The zero-order valence-electron chi connectivity index (χ0n) is 17.5. The van der Waals surface area contributed by atoms with Crippen molar-refractivity contribution in [1.82, 2.24) is 15.1 Å². The number of fused-ring (bicyclic) bond motifs is 1. The number of aryl methyl sites for hydroxylation is 1. The molecule has 0 bridgehead atoms. The highest BCUT2D eigenvalue weighted by Crippen LogP contribution is 2.45. The van der Waals surface area contributed by atoms with Gasteiger partial charge in [0.15, 0.2) is 0 Å². The van der Waals surface area contributed by atoms with Gasteiger partial charge in [-0.15, -0.1) is 0 Å². The van der Waals surface area contributed by atoms with Gasteiger partial charge in [0, 0.05) is 23.2 Å². The van der Waals surface area contributed by atoms with E-state index in [0.29, 0.717) is 41.0 Å². The normalized spacial score (nSPS) is 15.2. The number of H-pyrrole nitrogens is 1. The first-order valence-corrected chi connectivity index (χ1v) is 10.5. The van der Waals surface area contributed by atoms with Gasteiger partial charge in [-0.25, -0.2) is 4.39 Å². The molecule has 5 rings (SSSR count). The standard InChI is InChI=1S/C26H22FN3O2/c1-16-11-12-19(21(31)15-16)23-22-24(29-28-23)26(32)30(14-13-17-7-3-2-4-8-17)25(22)18-9-5-6-10-20(18)27/h2-12,15,25,31H,13-14H2,1H3,(H,28,29)/t25-/m0/s1. The minimum atomic E-state index is -0.642. The van der Waals surface area contributed by atoms with Crippen molar-refractivity contribution in [3.8, 4) is 17.0 Å². The maximum absolute atomic E-state index is 15.0. The van der Waals surface area contributed by atoms with Gasteiger partial charge in [0.2, 0.25) is 0 Å². The molecule has 0 aliphatic carbocycles. The summed E-state index contributed by atoms with van der Waals surface area (Å²) in [6.07, 6.45) is 0.639. The molecule has 5 nitrogen and oxygen atoms in total. The summed E-state index contributed by atoms with van der Waals surface area (Å²) in [6.45, 7) is 2.30. The predicted octanol–water partition coefficient (Wildman–Crippen LogP) is 5.02. The Morgan fingerprint density at radius 3 is 2.56 bits per heavy atom. The quantitative estimate of drug-likeness (QED) is 0.470. The summed E-state index contributed by atoms with van der Waals surface area (Å²) < 4.78 is 15.0. The van der Waals surface area contributed by atoms with Gasteiger partial charge in [-0.2, -0.15) is 5.10 Å². The maximum atomic E-state index is 15.0. The first-order valence-electron chi connectivity index (χ1n) is 10.5. The summed E-state index contributed by atoms with van der Waals surface area (Å²) in [5.41, 5.74) is 4.30. The summed E-state index contributed by atoms with van der Waals surface area (Å²) in [4.78, 5) is 15.0. The van der Waals surface area contributed by atoms with E-state index in [1.807, 2.05) is 43.3 Å². The van der Waals surface area contributed by atoms with Gasteiger partial charge in [-0.1, -0.05) is 54.6 Å². The number of phenolic OH excluding ortho intramolecular Hbond substituents is 1. The van der Waals surface area contributed by atoms with Gasteiger partial charge in [0.1, 0.15) is 23.0 Å². The highest BCUT2D eigenvalue weighted by atomic mass is 19.1. The van der Waals surface area contributed by atoms with Crippen molar-refractivity contribution in [3.63, 3.8) is 0 Å². The molecule has 6 heteroatoms. The van der Waals surface area contributed by atoms with E-state index in [4.69, 9.17) is 0 Å². The molecule has 1 aliphatic heterocycles. The smallest absolute Gasteiger partial charge is 0.273 e. The summed E-state index contributed by atoms with van der Waals surface area (Å²) in [5, 5.41) is 17.8. The SMILES string of the molecule is Cc1ccc(-c2n[nH]c3c2[C@H](c2ccccc2F)N(CCc2ccccc2)C3=O)c(O)c1. The second-order valence-electron chi connectivity index (χ2n) is 8.04. The van der Waals surface area contributed by atoms with Crippen LogP contribution in [0.15, 0.2) is 72.8 Å². The average Bonchev–Trinajstić information content (AvgIpc) is 3.33. The fraction of sp³-hybridized carbons (Fsp3) is 0.154. The predicted molar refractivity (Wildman–Crippen MR) is 120 cm³/mol. The number of phenols is 1. The number of aromatic nitrogens is 2. The van der Waals surface area contributed by atoms with Crippen LogP contribution in [0.1, 0.15) is 38.8 Å². The second kappa shape index (κ2) is 7.96. The van der Waals surface area contributed by atoms with E-state index < -0.39 is 6.04 Å². The number of nitrogens with one attached hydrogen (secondary N) is 1. The Morgan fingerprint density at radius 1 is 1.06 bits per heavy atom. The van der Waals surface area contributed by atoms with Crippen molar-refractivity contribution in [3.05, 3.63) is 107 Å². The van der Waals surface area contributed by atoms with Crippen molar-refractivity contribution in [2.24, 2.45) is 0 Å². The number of halogens is 1. The third-order valence-electron chi connectivity index (χ3n) is 5.96. The van der Waals surface area contributed by atoms with Crippen LogP contribution < -0.4 is 0 Å². The number of hydrogen-bond acceptors (Lipinski definition) is 3. The molecule has 2 heterocycles. The second-order valence-corrected chi connectivity index (χ2v) is 8.04. The van der Waals surface area contributed by atoms with Crippen LogP contribution in [0.2, 0.25) is 0 Å². The van der Waals surface area contributed by atoms with E-state index in [-0.39, 0.29) is 17.5 Å². The fourth-order valence-corrected chi connectivity index (χ4v) is 4.39. The van der Waals surface area contributed by atoms with Crippen LogP contribution in [0.4, 0.5) is 4.39 Å². The zero-order chi connectivity index (χ0) is 22.2. The largest absolute Gasteiger partial charge is 0.507 e. The van der Waals surface area contributed by atoms with Crippen LogP contribution in [-0.4, -0.2) is 32.7 Å². The first kappa shape index (κ1) is 20.0. The number of carbonyl (C=O) groups excluding carboxylic acids is 1. The monoisotopic (exact) mass is 427 g/mol. The molecule has 2 N–H and O–H groups in total.